The zero-order chi connectivity index (χ0) is 48.5. The predicted molar refractivity (Wildman–Crippen MR) is 278 cm³/mol. The Hall–Kier alpha value is -2.20. The Kier molecular flexibility index (Phi) is 41.6. The highest BCUT2D eigenvalue weighted by Crippen LogP contribution is 2.20. The van der Waals surface area contributed by atoms with Crippen LogP contribution in [0.25, 0.3) is 0 Å². The molecule has 0 aliphatic carbocycles. The van der Waals surface area contributed by atoms with Crippen molar-refractivity contribution in [3.8, 4) is 0 Å². The number of rotatable bonds is 46. The molecule has 0 saturated carbocycles. The number of nitrogens with one attached hydrogen (secondary N) is 2. The topological polar surface area (TPSA) is 105 Å². The van der Waals surface area contributed by atoms with Gasteiger partial charge in [0.2, 0.25) is 23.6 Å². The van der Waals surface area contributed by atoms with Crippen molar-refractivity contribution in [2.75, 3.05) is 67.5 Å². The van der Waals surface area contributed by atoms with Crippen LogP contribution in [-0.4, -0.2) is 123 Å². The average molecular weight is 920 g/mol. The third kappa shape index (κ3) is 34.7. The van der Waals surface area contributed by atoms with Gasteiger partial charge >= 0.3 is 0 Å². The molecule has 0 spiro atoms. The van der Waals surface area contributed by atoms with Crippen molar-refractivity contribution in [1.82, 2.24) is 30.2 Å². The lowest BCUT2D eigenvalue weighted by Gasteiger charge is -2.34. The van der Waals surface area contributed by atoms with Crippen LogP contribution in [0.15, 0.2) is 0 Å². The molecule has 65 heavy (non-hydrogen) atoms. The van der Waals surface area contributed by atoms with Gasteiger partial charge < -0.3 is 30.2 Å². The summed E-state index contributed by atoms with van der Waals surface area (Å²) in [5.74, 6) is 0.173. The van der Waals surface area contributed by atoms with Gasteiger partial charge in [-0.05, 0) is 98.1 Å². The first-order valence-corrected chi connectivity index (χ1v) is 27.7. The van der Waals surface area contributed by atoms with Crippen molar-refractivity contribution in [3.63, 3.8) is 0 Å². The highest BCUT2D eigenvalue weighted by atomic mass is 16.2. The van der Waals surface area contributed by atoms with Gasteiger partial charge in [-0.2, -0.15) is 0 Å². The van der Waals surface area contributed by atoms with E-state index in [9.17, 15) is 19.2 Å². The summed E-state index contributed by atoms with van der Waals surface area (Å²) < 4.78 is 0. The molecule has 0 saturated heterocycles. The summed E-state index contributed by atoms with van der Waals surface area (Å²) in [4.78, 5) is 62.9. The van der Waals surface area contributed by atoms with Crippen LogP contribution in [0.1, 0.15) is 241 Å². The zero-order valence-electron chi connectivity index (χ0n) is 44.9. The second kappa shape index (κ2) is 43.1. The third-order valence-corrected chi connectivity index (χ3v) is 13.1. The fourth-order valence-corrected chi connectivity index (χ4v) is 9.12. The third-order valence-electron chi connectivity index (χ3n) is 13.1. The van der Waals surface area contributed by atoms with Gasteiger partial charge in [0.15, 0.2) is 0 Å². The smallest absolute Gasteiger partial charge is 0.243 e. The van der Waals surface area contributed by atoms with Gasteiger partial charge in [-0.25, -0.2) is 0 Å². The molecule has 4 amide bonds. The molecule has 10 heteroatoms. The van der Waals surface area contributed by atoms with Gasteiger partial charge in [0, 0.05) is 39.0 Å². The molecule has 2 atom stereocenters. The Morgan fingerprint density at radius 1 is 0.354 bits per heavy atom. The summed E-state index contributed by atoms with van der Waals surface area (Å²) in [5.41, 5.74) is 0. The van der Waals surface area contributed by atoms with Crippen LogP contribution in [0, 0.1) is 11.8 Å². The van der Waals surface area contributed by atoms with Crippen LogP contribution >= 0.6 is 0 Å². The first kappa shape index (κ1) is 62.8. The van der Waals surface area contributed by atoms with Crippen molar-refractivity contribution < 1.29 is 19.2 Å². The van der Waals surface area contributed by atoms with Crippen LogP contribution < -0.4 is 10.6 Å². The minimum Gasteiger partial charge on any atom is -0.354 e. The van der Waals surface area contributed by atoms with Gasteiger partial charge in [-0.3, -0.25) is 19.2 Å². The number of carbonyl (C=O) groups excluding carboxylic acids is 4. The van der Waals surface area contributed by atoms with Crippen LogP contribution in [0.5, 0.6) is 0 Å². The molecule has 2 N–H and O–H groups in total. The Morgan fingerprint density at radius 2 is 0.631 bits per heavy atom. The van der Waals surface area contributed by atoms with Crippen LogP contribution in [0.2, 0.25) is 0 Å². The van der Waals surface area contributed by atoms with E-state index in [-0.39, 0.29) is 35.5 Å². The molecule has 0 fully saturated rings. The van der Waals surface area contributed by atoms with Gasteiger partial charge in [-0.1, -0.05) is 183 Å². The number of nitrogens with zero attached hydrogens (tertiary/aromatic N) is 4. The maximum absolute atomic E-state index is 13.7. The predicted octanol–water partition coefficient (Wildman–Crippen LogP) is 12.2. The number of amides is 4. The summed E-state index contributed by atoms with van der Waals surface area (Å²) in [6, 6.07) is -0.937. The number of carbonyl (C=O) groups is 4. The van der Waals surface area contributed by atoms with E-state index in [4.69, 9.17) is 0 Å². The highest BCUT2D eigenvalue weighted by Gasteiger charge is 2.33. The summed E-state index contributed by atoms with van der Waals surface area (Å²) in [6.07, 6.45) is 34.8. The highest BCUT2D eigenvalue weighted by molar-refractivity contribution is 5.88. The van der Waals surface area contributed by atoms with E-state index in [1.807, 2.05) is 23.9 Å². The lowest BCUT2D eigenvalue weighted by atomic mass is 9.99. The molecule has 0 bridgehead atoms. The lowest BCUT2D eigenvalue weighted by Crippen LogP contribution is -2.53. The molecule has 0 radical (unpaired) electrons. The molecule has 0 heterocycles. The minimum absolute atomic E-state index is 0.0164. The Bertz CT molecular complexity index is 1150. The summed E-state index contributed by atoms with van der Waals surface area (Å²) in [5, 5.41) is 6.37. The fraction of sp³-hybridized carbons (Fsp3) is 0.927. The maximum Gasteiger partial charge on any atom is 0.243 e. The minimum atomic E-state index is -0.472. The molecule has 2 unspecified atom stereocenters. The Morgan fingerprint density at radius 3 is 0.954 bits per heavy atom. The van der Waals surface area contributed by atoms with Gasteiger partial charge in [-0.15, -0.1) is 0 Å². The van der Waals surface area contributed by atoms with Crippen LogP contribution in [0.3, 0.4) is 0 Å². The van der Waals surface area contributed by atoms with E-state index in [1.54, 1.807) is 0 Å². The summed E-state index contributed by atoms with van der Waals surface area (Å²) in [6.45, 7) is 17.0. The summed E-state index contributed by atoms with van der Waals surface area (Å²) >= 11 is 0. The zero-order valence-corrected chi connectivity index (χ0v) is 44.9. The molecular weight excluding hydrogens is 809 g/mol. The van der Waals surface area contributed by atoms with E-state index in [0.29, 0.717) is 39.0 Å². The average Bonchev–Trinajstić information content (AvgIpc) is 3.25. The fourth-order valence-electron chi connectivity index (χ4n) is 9.12. The first-order valence-electron chi connectivity index (χ1n) is 27.7. The molecule has 0 aromatic rings. The molecule has 10 nitrogen and oxygen atoms in total. The molecule has 0 aliphatic heterocycles. The number of unbranched alkanes of at least 4 members (excludes halogenated alkanes) is 24. The van der Waals surface area contributed by atoms with Gasteiger partial charge in [0.1, 0.15) is 12.1 Å². The Balaban J connectivity index is 4.97. The molecule has 0 aromatic heterocycles. The molecule has 0 rings (SSSR count). The first-order chi connectivity index (χ1) is 31.3. The van der Waals surface area contributed by atoms with Crippen molar-refractivity contribution in [2.45, 2.75) is 253 Å². The van der Waals surface area contributed by atoms with E-state index in [0.717, 1.165) is 83.7 Å². The SMILES string of the molecule is CCCCCCCCCCCCCC(=O)N(CCCCN(C)C)C(C(=O)NCCCCCCNC(=O)C(C(C)C)N(CCCN(C)C)C(=O)CCCCCCCCCCCCC)C(C)C. The largest absolute Gasteiger partial charge is 0.354 e. The van der Waals surface area contributed by atoms with Crippen molar-refractivity contribution in [1.29, 1.82) is 0 Å². The molecule has 0 aliphatic rings. The van der Waals surface area contributed by atoms with Gasteiger partial charge in [0.05, 0.1) is 0 Å². The van der Waals surface area contributed by atoms with E-state index < -0.39 is 12.1 Å². The van der Waals surface area contributed by atoms with Crippen molar-refractivity contribution in [3.05, 3.63) is 0 Å². The van der Waals surface area contributed by atoms with Crippen LogP contribution in [-0.2, 0) is 19.2 Å². The molecular formula is C55H110N6O4. The second-order valence-corrected chi connectivity index (χ2v) is 20.8. The summed E-state index contributed by atoms with van der Waals surface area (Å²) in [7, 11) is 8.25. The quantitative estimate of drug-likeness (QED) is 0.0589. The lowest BCUT2D eigenvalue weighted by molar-refractivity contribution is -0.142. The number of hydrogen-bond acceptors (Lipinski definition) is 6. The number of hydrogen-bond donors (Lipinski definition) is 2. The second-order valence-electron chi connectivity index (χ2n) is 20.8. The van der Waals surface area contributed by atoms with Crippen molar-refractivity contribution in [2.24, 2.45) is 11.8 Å². The van der Waals surface area contributed by atoms with E-state index >= 15 is 0 Å². The monoisotopic (exact) mass is 919 g/mol. The van der Waals surface area contributed by atoms with Crippen molar-refractivity contribution >= 4 is 23.6 Å². The molecule has 384 valence electrons. The normalized spacial score (nSPS) is 12.6. The standard InChI is InChI=1S/C55H110N6O4/c1-11-13-15-17-19-21-23-25-27-29-33-40-50(62)60(46-38-37-44-58(7)8)52(48(3)4)54(64)56-42-35-31-32-36-43-57-55(65)53(49(5)6)61(47-39-45-59(9)10)51(63)41-34-30-28-26-24-22-20-18-16-14-12-2/h48-49,52-53H,11-47H2,1-10H3,(H,56,64)(H,57,65). The Labute approximate surface area is 403 Å². The molecule has 0 aromatic carbocycles. The maximum atomic E-state index is 13.7. The van der Waals surface area contributed by atoms with Crippen LogP contribution in [0.4, 0.5) is 0 Å². The van der Waals surface area contributed by atoms with E-state index in [1.165, 1.54) is 116 Å². The van der Waals surface area contributed by atoms with Gasteiger partial charge in [0.25, 0.3) is 0 Å². The van der Waals surface area contributed by atoms with E-state index in [2.05, 4.69) is 76.1 Å².